The summed E-state index contributed by atoms with van der Waals surface area (Å²) in [5.74, 6) is 1.64. The number of nitrogens with one attached hydrogen (secondary N) is 3. The van der Waals surface area contributed by atoms with Crippen LogP contribution in [0.2, 0.25) is 0 Å². The molecule has 1 aromatic heterocycles. The first-order chi connectivity index (χ1) is 15.2. The first kappa shape index (κ1) is 22.2. The van der Waals surface area contributed by atoms with Crippen LogP contribution in [0.1, 0.15) is 27.2 Å². The predicted molar refractivity (Wildman–Crippen MR) is 124 cm³/mol. The Labute approximate surface area is 183 Å². The molecule has 0 bridgehead atoms. The van der Waals surface area contributed by atoms with Crippen molar-refractivity contribution in [2.75, 3.05) is 26.7 Å². The third-order valence-corrected chi connectivity index (χ3v) is 4.88. The van der Waals surface area contributed by atoms with Crippen molar-refractivity contribution in [3.63, 3.8) is 0 Å². The lowest BCUT2D eigenvalue weighted by atomic mass is 10.1. The third-order valence-electron chi connectivity index (χ3n) is 4.88. The number of guanidine groups is 1. The zero-order valence-electron chi connectivity index (χ0n) is 17.9. The fourth-order valence-electron chi connectivity index (χ4n) is 3.21. The van der Waals surface area contributed by atoms with Gasteiger partial charge in [0.1, 0.15) is 5.76 Å². The van der Waals surface area contributed by atoms with Gasteiger partial charge in [0.2, 0.25) is 0 Å². The number of carbonyl (C=O) groups excluding carboxylic acids is 1. The Morgan fingerprint density at radius 3 is 2.32 bits per heavy atom. The van der Waals surface area contributed by atoms with E-state index in [-0.39, 0.29) is 5.91 Å². The van der Waals surface area contributed by atoms with E-state index in [1.807, 2.05) is 42.5 Å². The Balaban J connectivity index is 1.53. The first-order valence-corrected chi connectivity index (χ1v) is 10.6. The van der Waals surface area contributed by atoms with Crippen LogP contribution in [0.5, 0.6) is 0 Å². The summed E-state index contributed by atoms with van der Waals surface area (Å²) in [5.41, 5.74) is 3.07. The van der Waals surface area contributed by atoms with Crippen LogP contribution in [0, 0.1) is 0 Å². The number of nitrogens with zero attached hydrogens (tertiary/aromatic N) is 1. The number of hydrogen-bond acceptors (Lipinski definition) is 3. The maximum absolute atomic E-state index is 11.8. The molecule has 0 fully saturated rings. The van der Waals surface area contributed by atoms with Gasteiger partial charge in [-0.1, -0.05) is 42.5 Å². The summed E-state index contributed by atoms with van der Waals surface area (Å²) < 4.78 is 5.39. The monoisotopic (exact) mass is 418 g/mol. The molecule has 6 nitrogen and oxygen atoms in total. The lowest BCUT2D eigenvalue weighted by molar-refractivity contribution is 0.0963. The largest absolute Gasteiger partial charge is 0.469 e. The molecule has 2 aromatic carbocycles. The average Bonchev–Trinajstić information content (AvgIpc) is 3.33. The lowest BCUT2D eigenvalue weighted by Gasteiger charge is -2.13. The van der Waals surface area contributed by atoms with Gasteiger partial charge in [0.25, 0.3) is 5.91 Å². The van der Waals surface area contributed by atoms with Gasteiger partial charge >= 0.3 is 0 Å². The lowest BCUT2D eigenvalue weighted by Crippen LogP contribution is -2.39. The molecule has 6 heteroatoms. The Hall–Kier alpha value is -3.54. The SMILES string of the molecule is CNC(=O)c1cccc(CCNC(=NCCc2ccco2)NCCc2ccccc2)c1. The van der Waals surface area contributed by atoms with Gasteiger partial charge in [-0.2, -0.15) is 0 Å². The molecule has 0 saturated carbocycles. The molecule has 0 spiro atoms. The molecule has 0 unspecified atom stereocenters. The van der Waals surface area contributed by atoms with Gasteiger partial charge in [0.15, 0.2) is 5.96 Å². The van der Waals surface area contributed by atoms with Crippen LogP contribution in [0.25, 0.3) is 0 Å². The summed E-state index contributed by atoms with van der Waals surface area (Å²) in [7, 11) is 1.64. The summed E-state index contributed by atoms with van der Waals surface area (Å²) in [6, 6.07) is 21.9. The highest BCUT2D eigenvalue weighted by molar-refractivity contribution is 5.94. The summed E-state index contributed by atoms with van der Waals surface area (Å²) in [4.78, 5) is 16.5. The third kappa shape index (κ3) is 7.66. The van der Waals surface area contributed by atoms with Crippen molar-refractivity contribution in [2.45, 2.75) is 19.3 Å². The van der Waals surface area contributed by atoms with Gasteiger partial charge in [-0.3, -0.25) is 9.79 Å². The molecule has 1 heterocycles. The topological polar surface area (TPSA) is 78.7 Å². The minimum atomic E-state index is -0.0717. The number of hydrogen-bond donors (Lipinski definition) is 3. The molecule has 1 amide bonds. The summed E-state index contributed by atoms with van der Waals surface area (Å²) >= 11 is 0. The number of carbonyl (C=O) groups is 1. The quantitative estimate of drug-likeness (QED) is 0.349. The maximum Gasteiger partial charge on any atom is 0.251 e. The van der Waals surface area contributed by atoms with Crippen LogP contribution in [-0.2, 0) is 19.3 Å². The second-order valence-corrected chi connectivity index (χ2v) is 7.18. The molecule has 0 atom stereocenters. The van der Waals surface area contributed by atoms with Crippen molar-refractivity contribution in [3.8, 4) is 0 Å². The van der Waals surface area contributed by atoms with Crippen LogP contribution in [0.4, 0.5) is 0 Å². The number of rotatable bonds is 10. The standard InChI is InChI=1S/C25H30N4O2/c1-26-24(30)22-10-5-9-21(19-22)13-16-28-25(29-17-14-23-11-6-18-31-23)27-15-12-20-7-3-2-4-8-20/h2-11,18-19H,12-17H2,1H3,(H,26,30)(H2,27,28,29). The molecule has 0 aliphatic heterocycles. The predicted octanol–water partition coefficient (Wildman–Crippen LogP) is 3.20. The minimum Gasteiger partial charge on any atom is -0.469 e. The maximum atomic E-state index is 11.8. The molecule has 3 N–H and O–H groups in total. The highest BCUT2D eigenvalue weighted by Gasteiger charge is 2.05. The molecule has 3 aromatic rings. The van der Waals surface area contributed by atoms with Gasteiger partial charge in [0, 0.05) is 38.7 Å². The van der Waals surface area contributed by atoms with Crippen LogP contribution < -0.4 is 16.0 Å². The van der Waals surface area contributed by atoms with E-state index in [0.29, 0.717) is 12.1 Å². The second kappa shape index (κ2) is 12.2. The van der Waals surface area contributed by atoms with E-state index in [4.69, 9.17) is 9.41 Å². The van der Waals surface area contributed by atoms with Gasteiger partial charge in [0.05, 0.1) is 6.26 Å². The highest BCUT2D eigenvalue weighted by Crippen LogP contribution is 2.06. The van der Waals surface area contributed by atoms with E-state index in [0.717, 1.165) is 49.6 Å². The van der Waals surface area contributed by atoms with Crippen molar-refractivity contribution in [1.82, 2.24) is 16.0 Å². The number of furan rings is 1. The van der Waals surface area contributed by atoms with E-state index in [1.165, 1.54) is 5.56 Å². The van der Waals surface area contributed by atoms with Crippen molar-refractivity contribution in [3.05, 3.63) is 95.4 Å². The zero-order chi connectivity index (χ0) is 21.7. The van der Waals surface area contributed by atoms with Gasteiger partial charge < -0.3 is 20.4 Å². The number of benzene rings is 2. The van der Waals surface area contributed by atoms with Crippen molar-refractivity contribution >= 4 is 11.9 Å². The normalized spacial score (nSPS) is 11.2. The molecule has 31 heavy (non-hydrogen) atoms. The fraction of sp³-hybridized carbons (Fsp3) is 0.280. The Kier molecular flexibility index (Phi) is 8.73. The molecule has 0 aliphatic carbocycles. The Morgan fingerprint density at radius 1 is 0.871 bits per heavy atom. The molecule has 3 rings (SSSR count). The van der Waals surface area contributed by atoms with Crippen molar-refractivity contribution in [2.24, 2.45) is 4.99 Å². The van der Waals surface area contributed by atoms with Gasteiger partial charge in [-0.25, -0.2) is 0 Å². The zero-order valence-corrected chi connectivity index (χ0v) is 17.9. The Morgan fingerprint density at radius 2 is 1.61 bits per heavy atom. The minimum absolute atomic E-state index is 0.0717. The van der Waals surface area contributed by atoms with Gasteiger partial charge in [-0.05, 0) is 48.2 Å². The summed E-state index contributed by atoms with van der Waals surface area (Å²) in [6.45, 7) is 2.15. The molecule has 0 radical (unpaired) electrons. The van der Waals surface area contributed by atoms with E-state index in [1.54, 1.807) is 13.3 Å². The molecule has 0 aliphatic rings. The van der Waals surface area contributed by atoms with E-state index < -0.39 is 0 Å². The van der Waals surface area contributed by atoms with E-state index in [2.05, 4.69) is 40.2 Å². The molecular weight excluding hydrogens is 388 g/mol. The van der Waals surface area contributed by atoms with E-state index in [9.17, 15) is 4.79 Å². The van der Waals surface area contributed by atoms with E-state index >= 15 is 0 Å². The first-order valence-electron chi connectivity index (χ1n) is 10.6. The van der Waals surface area contributed by atoms with Crippen LogP contribution in [-0.4, -0.2) is 38.5 Å². The second-order valence-electron chi connectivity index (χ2n) is 7.18. The fourth-order valence-corrected chi connectivity index (χ4v) is 3.21. The van der Waals surface area contributed by atoms with Gasteiger partial charge in [-0.15, -0.1) is 0 Å². The van der Waals surface area contributed by atoms with Crippen molar-refractivity contribution < 1.29 is 9.21 Å². The van der Waals surface area contributed by atoms with Crippen LogP contribution in [0.15, 0.2) is 82.4 Å². The number of amides is 1. The molecule has 0 saturated heterocycles. The smallest absolute Gasteiger partial charge is 0.251 e. The van der Waals surface area contributed by atoms with Crippen molar-refractivity contribution in [1.29, 1.82) is 0 Å². The molecule has 162 valence electrons. The average molecular weight is 419 g/mol. The number of aliphatic imine (C=N–C) groups is 1. The highest BCUT2D eigenvalue weighted by atomic mass is 16.3. The van der Waals surface area contributed by atoms with Crippen LogP contribution in [0.3, 0.4) is 0 Å². The summed E-state index contributed by atoms with van der Waals surface area (Å²) in [6.07, 6.45) is 4.16. The summed E-state index contributed by atoms with van der Waals surface area (Å²) in [5, 5.41) is 9.49. The Bertz CT molecular complexity index is 953. The van der Waals surface area contributed by atoms with Crippen LogP contribution >= 0.6 is 0 Å². The molecular formula is C25H30N4O2.